The Balaban J connectivity index is 2.17. The topological polar surface area (TPSA) is 44.1 Å². The van der Waals surface area contributed by atoms with Crippen LogP contribution < -0.4 is 4.74 Å². The minimum Gasteiger partial charge on any atom is -0.497 e. The van der Waals surface area contributed by atoms with E-state index in [1.807, 2.05) is 35.9 Å². The summed E-state index contributed by atoms with van der Waals surface area (Å²) in [4.78, 5) is 12.4. The van der Waals surface area contributed by atoms with Gasteiger partial charge in [-0.05, 0) is 30.9 Å². The lowest BCUT2D eigenvalue weighted by atomic mass is 9.75. The van der Waals surface area contributed by atoms with Crippen molar-refractivity contribution >= 4 is 5.78 Å². The molecule has 21 heavy (non-hydrogen) atoms. The van der Waals surface area contributed by atoms with Crippen molar-refractivity contribution in [3.05, 3.63) is 41.2 Å². The SMILES string of the molecule is COc1cccc(-n2nc(C)c3c2CC(C)(C)CC3=O)c1. The molecule has 1 heterocycles. The fourth-order valence-electron chi connectivity index (χ4n) is 3.10. The summed E-state index contributed by atoms with van der Waals surface area (Å²) in [7, 11) is 1.65. The molecule has 0 amide bonds. The molecule has 0 bridgehead atoms. The second kappa shape index (κ2) is 4.72. The van der Waals surface area contributed by atoms with Gasteiger partial charge in [0.2, 0.25) is 0 Å². The van der Waals surface area contributed by atoms with Gasteiger partial charge >= 0.3 is 0 Å². The van der Waals surface area contributed by atoms with E-state index in [0.29, 0.717) is 6.42 Å². The van der Waals surface area contributed by atoms with Crippen LogP contribution in [0.2, 0.25) is 0 Å². The molecule has 1 aliphatic rings. The molecule has 0 unspecified atom stereocenters. The van der Waals surface area contributed by atoms with Crippen LogP contribution in [0.15, 0.2) is 24.3 Å². The summed E-state index contributed by atoms with van der Waals surface area (Å²) in [5, 5.41) is 4.59. The first-order valence-corrected chi connectivity index (χ1v) is 7.17. The van der Waals surface area contributed by atoms with E-state index in [9.17, 15) is 4.79 Å². The minimum absolute atomic E-state index is 0.0207. The Morgan fingerprint density at radius 1 is 1.29 bits per heavy atom. The zero-order valence-electron chi connectivity index (χ0n) is 12.9. The first kappa shape index (κ1) is 13.9. The van der Waals surface area contributed by atoms with Gasteiger partial charge in [-0.2, -0.15) is 5.10 Å². The third-order valence-electron chi connectivity index (χ3n) is 4.02. The van der Waals surface area contributed by atoms with E-state index in [-0.39, 0.29) is 11.2 Å². The maximum Gasteiger partial charge on any atom is 0.167 e. The predicted molar refractivity (Wildman–Crippen MR) is 81.3 cm³/mol. The number of ether oxygens (including phenoxy) is 1. The van der Waals surface area contributed by atoms with Crippen molar-refractivity contribution in [3.63, 3.8) is 0 Å². The molecule has 0 radical (unpaired) electrons. The maximum atomic E-state index is 12.4. The van der Waals surface area contributed by atoms with E-state index in [1.165, 1.54) is 0 Å². The second-order valence-corrected chi connectivity index (χ2v) is 6.46. The molecule has 0 fully saturated rings. The van der Waals surface area contributed by atoms with Gasteiger partial charge in [0.15, 0.2) is 5.78 Å². The van der Waals surface area contributed by atoms with Crippen molar-refractivity contribution in [1.82, 2.24) is 9.78 Å². The zero-order valence-corrected chi connectivity index (χ0v) is 12.9. The highest BCUT2D eigenvalue weighted by molar-refractivity contribution is 5.99. The fourth-order valence-corrected chi connectivity index (χ4v) is 3.10. The molecule has 2 aromatic rings. The quantitative estimate of drug-likeness (QED) is 0.849. The van der Waals surface area contributed by atoms with Crippen LogP contribution in [0.4, 0.5) is 0 Å². The van der Waals surface area contributed by atoms with Crippen LogP contribution in [0.5, 0.6) is 5.75 Å². The van der Waals surface area contributed by atoms with Crippen molar-refractivity contribution in [2.24, 2.45) is 5.41 Å². The first-order chi connectivity index (χ1) is 9.91. The fraction of sp³-hybridized carbons (Fsp3) is 0.412. The highest BCUT2D eigenvalue weighted by atomic mass is 16.5. The van der Waals surface area contributed by atoms with Crippen molar-refractivity contribution in [2.75, 3.05) is 7.11 Å². The smallest absolute Gasteiger partial charge is 0.167 e. The lowest BCUT2D eigenvalue weighted by Crippen LogP contribution is -2.28. The summed E-state index contributed by atoms with van der Waals surface area (Å²) in [6, 6.07) is 7.77. The Labute approximate surface area is 124 Å². The molecule has 1 aromatic carbocycles. The molecule has 0 saturated carbocycles. The third kappa shape index (κ3) is 2.35. The van der Waals surface area contributed by atoms with Gasteiger partial charge in [0.05, 0.1) is 29.7 Å². The largest absolute Gasteiger partial charge is 0.497 e. The molecule has 1 aliphatic carbocycles. The van der Waals surface area contributed by atoms with Crippen LogP contribution in [0.3, 0.4) is 0 Å². The first-order valence-electron chi connectivity index (χ1n) is 7.17. The molecule has 0 N–H and O–H groups in total. The number of carbonyl (C=O) groups excluding carboxylic acids is 1. The van der Waals surface area contributed by atoms with Crippen LogP contribution in [-0.4, -0.2) is 22.7 Å². The van der Waals surface area contributed by atoms with E-state index in [4.69, 9.17) is 4.74 Å². The van der Waals surface area contributed by atoms with E-state index in [0.717, 1.165) is 34.8 Å². The number of aryl methyl sites for hydroxylation is 1. The molecule has 1 aromatic heterocycles. The number of benzene rings is 1. The summed E-state index contributed by atoms with van der Waals surface area (Å²) >= 11 is 0. The lowest BCUT2D eigenvalue weighted by Gasteiger charge is -2.29. The minimum atomic E-state index is -0.0207. The van der Waals surface area contributed by atoms with Crippen molar-refractivity contribution in [2.45, 2.75) is 33.6 Å². The van der Waals surface area contributed by atoms with Gasteiger partial charge in [-0.25, -0.2) is 4.68 Å². The Kier molecular flexibility index (Phi) is 3.12. The van der Waals surface area contributed by atoms with E-state index >= 15 is 0 Å². The number of hydrogen-bond donors (Lipinski definition) is 0. The van der Waals surface area contributed by atoms with E-state index < -0.39 is 0 Å². The molecule has 0 aliphatic heterocycles. The molecular formula is C17H20N2O2. The third-order valence-corrected chi connectivity index (χ3v) is 4.02. The van der Waals surface area contributed by atoms with Crippen LogP contribution in [0, 0.1) is 12.3 Å². The highest BCUT2D eigenvalue weighted by Gasteiger charge is 2.35. The van der Waals surface area contributed by atoms with Crippen LogP contribution in [-0.2, 0) is 6.42 Å². The highest BCUT2D eigenvalue weighted by Crippen LogP contribution is 2.37. The number of aromatic nitrogens is 2. The number of carbonyl (C=O) groups is 1. The Morgan fingerprint density at radius 3 is 2.76 bits per heavy atom. The van der Waals surface area contributed by atoms with Crippen molar-refractivity contribution in [1.29, 1.82) is 0 Å². The number of ketones is 1. The average molecular weight is 284 g/mol. The Morgan fingerprint density at radius 2 is 2.05 bits per heavy atom. The molecular weight excluding hydrogens is 264 g/mol. The number of methoxy groups -OCH3 is 1. The molecule has 4 heteroatoms. The Bertz CT molecular complexity index is 714. The number of Topliss-reactive ketones (excluding diaryl/α,β-unsaturated/α-hetero) is 1. The zero-order chi connectivity index (χ0) is 15.2. The summed E-state index contributed by atoms with van der Waals surface area (Å²) in [6.45, 7) is 6.17. The summed E-state index contributed by atoms with van der Waals surface area (Å²) in [5.74, 6) is 0.990. The molecule has 0 saturated heterocycles. The number of nitrogens with zero attached hydrogens (tertiary/aromatic N) is 2. The normalized spacial score (nSPS) is 16.7. The van der Waals surface area contributed by atoms with Crippen LogP contribution in [0.1, 0.15) is 42.0 Å². The summed E-state index contributed by atoms with van der Waals surface area (Å²) in [6.07, 6.45) is 1.44. The van der Waals surface area contributed by atoms with E-state index in [1.54, 1.807) is 7.11 Å². The van der Waals surface area contributed by atoms with Gasteiger partial charge in [0, 0.05) is 12.5 Å². The van der Waals surface area contributed by atoms with Gasteiger partial charge < -0.3 is 4.74 Å². The number of rotatable bonds is 2. The average Bonchev–Trinajstić information content (AvgIpc) is 2.74. The van der Waals surface area contributed by atoms with Gasteiger partial charge in [-0.15, -0.1) is 0 Å². The molecule has 110 valence electrons. The number of fused-ring (bicyclic) bond motifs is 1. The molecule has 0 spiro atoms. The van der Waals surface area contributed by atoms with Crippen molar-refractivity contribution in [3.8, 4) is 11.4 Å². The van der Waals surface area contributed by atoms with Gasteiger partial charge in [-0.3, -0.25) is 4.79 Å². The van der Waals surface area contributed by atoms with Crippen molar-refractivity contribution < 1.29 is 9.53 Å². The molecule has 4 nitrogen and oxygen atoms in total. The standard InChI is InChI=1S/C17H20N2O2/c1-11-16-14(9-17(2,3)10-15(16)20)19(18-11)12-6-5-7-13(8-12)21-4/h5-8H,9-10H2,1-4H3. The van der Waals surface area contributed by atoms with Gasteiger partial charge in [0.1, 0.15) is 5.75 Å². The summed E-state index contributed by atoms with van der Waals surface area (Å²) in [5.41, 5.74) is 3.55. The summed E-state index contributed by atoms with van der Waals surface area (Å²) < 4.78 is 7.18. The van der Waals surface area contributed by atoms with Crippen LogP contribution in [0.25, 0.3) is 5.69 Å². The lowest BCUT2D eigenvalue weighted by molar-refractivity contribution is 0.0910. The maximum absolute atomic E-state index is 12.4. The predicted octanol–water partition coefficient (Wildman–Crippen LogP) is 3.34. The number of hydrogen-bond acceptors (Lipinski definition) is 3. The second-order valence-electron chi connectivity index (χ2n) is 6.46. The van der Waals surface area contributed by atoms with Gasteiger partial charge in [-0.1, -0.05) is 19.9 Å². The van der Waals surface area contributed by atoms with Gasteiger partial charge in [0.25, 0.3) is 0 Å². The van der Waals surface area contributed by atoms with E-state index in [2.05, 4.69) is 18.9 Å². The molecule has 3 rings (SSSR count). The monoisotopic (exact) mass is 284 g/mol. The Hall–Kier alpha value is -2.10. The molecule has 0 atom stereocenters. The van der Waals surface area contributed by atoms with Crippen LogP contribution >= 0.6 is 0 Å².